The SMILES string of the molecule is CCCCc1c2cc(-c3ccc(-c4ccccc4)cc3)cc1Cc1cccc(c1O)Cc1cc(-c3ccc(-c4ccccc4)cc3)cc(c1OCCC)Cc1cccc(c1O)C2. The molecule has 3 nitrogen and oxygen atoms in total. The van der Waals surface area contributed by atoms with Gasteiger partial charge in [-0.05, 0) is 126 Å². The number of ether oxygens (including phenoxy) is 1. The second kappa shape index (κ2) is 18.4. The largest absolute Gasteiger partial charge is 0.507 e. The van der Waals surface area contributed by atoms with Crippen LogP contribution in [-0.4, -0.2) is 16.8 Å². The summed E-state index contributed by atoms with van der Waals surface area (Å²) in [5, 5.41) is 24.5. The zero-order chi connectivity index (χ0) is 42.4. The average Bonchev–Trinajstić information content (AvgIpc) is 3.31. The zero-order valence-corrected chi connectivity index (χ0v) is 35.8. The minimum absolute atomic E-state index is 0.337. The van der Waals surface area contributed by atoms with Crippen molar-refractivity contribution in [1.29, 1.82) is 0 Å². The number of unbranched alkanes of at least 4 members (excludes halogenated alkanes) is 1. The van der Waals surface area contributed by atoms with Crippen molar-refractivity contribution in [2.24, 2.45) is 0 Å². The molecule has 0 unspecified atom stereocenters. The predicted octanol–water partition coefficient (Wildman–Crippen LogP) is 14.6. The van der Waals surface area contributed by atoms with Crippen LogP contribution >= 0.6 is 0 Å². The first-order chi connectivity index (χ1) is 30.4. The predicted molar refractivity (Wildman–Crippen MR) is 256 cm³/mol. The van der Waals surface area contributed by atoms with Gasteiger partial charge in [0.15, 0.2) is 0 Å². The van der Waals surface area contributed by atoms with Gasteiger partial charge in [-0.15, -0.1) is 0 Å². The topological polar surface area (TPSA) is 49.7 Å². The molecule has 0 aromatic heterocycles. The van der Waals surface area contributed by atoms with Crippen LogP contribution in [0.1, 0.15) is 83.2 Å². The van der Waals surface area contributed by atoms with Gasteiger partial charge in [-0.1, -0.05) is 178 Å². The third-order valence-corrected chi connectivity index (χ3v) is 12.5. The molecule has 3 heteroatoms. The molecule has 0 atom stereocenters. The van der Waals surface area contributed by atoms with E-state index in [9.17, 15) is 10.2 Å². The van der Waals surface area contributed by atoms with E-state index in [4.69, 9.17) is 4.74 Å². The number of phenols is 2. The van der Waals surface area contributed by atoms with E-state index in [0.29, 0.717) is 43.8 Å². The smallest absolute Gasteiger partial charge is 0.126 e. The van der Waals surface area contributed by atoms with Crippen molar-refractivity contribution in [3.63, 3.8) is 0 Å². The number of fused-ring (bicyclic) bond motifs is 8. The maximum atomic E-state index is 12.3. The van der Waals surface area contributed by atoms with Crippen molar-refractivity contribution in [2.75, 3.05) is 6.61 Å². The third-order valence-electron chi connectivity index (χ3n) is 12.5. The highest BCUT2D eigenvalue weighted by Gasteiger charge is 2.22. The van der Waals surface area contributed by atoms with Crippen LogP contribution in [0.3, 0.4) is 0 Å². The molecule has 308 valence electrons. The lowest BCUT2D eigenvalue weighted by molar-refractivity contribution is 0.311. The van der Waals surface area contributed by atoms with Crippen LogP contribution < -0.4 is 4.74 Å². The quantitative estimate of drug-likeness (QED) is 0.145. The lowest BCUT2D eigenvalue weighted by Gasteiger charge is -2.22. The van der Waals surface area contributed by atoms with Crippen molar-refractivity contribution < 1.29 is 14.9 Å². The highest BCUT2D eigenvalue weighted by molar-refractivity contribution is 5.74. The summed E-state index contributed by atoms with van der Waals surface area (Å²) in [4.78, 5) is 0. The van der Waals surface area contributed by atoms with Crippen LogP contribution in [0.25, 0.3) is 44.5 Å². The first-order valence-electron chi connectivity index (χ1n) is 22.3. The third kappa shape index (κ3) is 8.67. The zero-order valence-electron chi connectivity index (χ0n) is 35.8. The van der Waals surface area contributed by atoms with Crippen LogP contribution in [0.5, 0.6) is 17.2 Å². The molecule has 62 heavy (non-hydrogen) atoms. The summed E-state index contributed by atoms with van der Waals surface area (Å²) in [7, 11) is 0. The van der Waals surface area contributed by atoms with E-state index >= 15 is 0 Å². The Morgan fingerprint density at radius 3 is 1.11 bits per heavy atom. The Bertz CT molecular complexity index is 2520. The van der Waals surface area contributed by atoms with Crippen molar-refractivity contribution >= 4 is 0 Å². The molecule has 2 N–H and O–H groups in total. The first-order valence-corrected chi connectivity index (χ1v) is 22.3. The number of hydrogen-bond donors (Lipinski definition) is 2. The fourth-order valence-electron chi connectivity index (χ4n) is 9.18. The molecule has 0 saturated heterocycles. The molecule has 8 aromatic carbocycles. The van der Waals surface area contributed by atoms with Crippen molar-refractivity contribution in [3.8, 4) is 61.8 Å². The minimum Gasteiger partial charge on any atom is -0.507 e. The molecule has 9 rings (SSSR count). The van der Waals surface area contributed by atoms with Gasteiger partial charge in [-0.25, -0.2) is 0 Å². The lowest BCUT2D eigenvalue weighted by Crippen LogP contribution is -2.07. The molecule has 0 aliphatic heterocycles. The van der Waals surface area contributed by atoms with Crippen LogP contribution in [0.4, 0.5) is 0 Å². The molecule has 1 aliphatic carbocycles. The highest BCUT2D eigenvalue weighted by atomic mass is 16.5. The number of rotatable bonds is 10. The molecular formula is C59H54O3. The molecule has 0 radical (unpaired) electrons. The van der Waals surface area contributed by atoms with E-state index < -0.39 is 0 Å². The molecule has 8 bridgehead atoms. The molecule has 0 saturated carbocycles. The second-order valence-electron chi connectivity index (χ2n) is 16.8. The number of phenolic OH excluding ortho intramolecular Hbond substituents is 2. The van der Waals surface area contributed by atoms with E-state index in [-0.39, 0.29) is 0 Å². The molecule has 8 aromatic rings. The number of aromatic hydroxyl groups is 2. The summed E-state index contributed by atoms with van der Waals surface area (Å²) in [6.45, 7) is 4.93. The van der Waals surface area contributed by atoms with Gasteiger partial charge in [0.25, 0.3) is 0 Å². The van der Waals surface area contributed by atoms with Crippen LogP contribution in [-0.2, 0) is 32.1 Å². The minimum atomic E-state index is 0.337. The van der Waals surface area contributed by atoms with Gasteiger partial charge in [-0.3, -0.25) is 0 Å². The van der Waals surface area contributed by atoms with Gasteiger partial charge in [0.1, 0.15) is 17.2 Å². The fraction of sp³-hybridized carbons (Fsp3) is 0.186. The standard InChI is InChI=1S/C59H54O3/c1-3-5-22-56-52-32-46-18-12-20-48(57(46)60)34-54-38-51(45-29-25-43(26-30-45)41-16-10-7-11-17-41)39-55(59(54)62-31-4-2)35-49-21-13-19-47(58(49)61)33-53(56)37-50(36-52)44-27-23-42(24-28-44)40-14-8-6-9-15-40/h6-21,23-30,36-39,60-61H,3-5,22,31-35H2,1-2H3. The number of para-hydroxylation sites is 2. The second-order valence-corrected chi connectivity index (χ2v) is 16.8. The van der Waals surface area contributed by atoms with Crippen molar-refractivity contribution in [2.45, 2.75) is 65.2 Å². The van der Waals surface area contributed by atoms with E-state index in [2.05, 4.69) is 172 Å². The molecule has 0 fully saturated rings. The number of hydrogen-bond acceptors (Lipinski definition) is 3. The van der Waals surface area contributed by atoms with E-state index in [1.165, 1.54) is 38.9 Å². The Morgan fingerprint density at radius 1 is 0.371 bits per heavy atom. The van der Waals surface area contributed by atoms with Gasteiger partial charge in [0.05, 0.1) is 6.61 Å². The van der Waals surface area contributed by atoms with Gasteiger partial charge in [-0.2, -0.15) is 0 Å². The van der Waals surface area contributed by atoms with Crippen molar-refractivity contribution in [1.82, 2.24) is 0 Å². The van der Waals surface area contributed by atoms with Crippen LogP contribution in [0.2, 0.25) is 0 Å². The Labute approximate surface area is 367 Å². The Morgan fingerprint density at radius 2 is 0.726 bits per heavy atom. The van der Waals surface area contributed by atoms with E-state index in [1.807, 2.05) is 12.1 Å². The molecule has 0 spiro atoms. The fourth-order valence-corrected chi connectivity index (χ4v) is 9.18. The number of benzene rings is 8. The average molecular weight is 811 g/mol. The monoisotopic (exact) mass is 810 g/mol. The molecule has 1 aliphatic rings. The molecule has 0 amide bonds. The van der Waals surface area contributed by atoms with Gasteiger partial charge in [0.2, 0.25) is 0 Å². The van der Waals surface area contributed by atoms with E-state index in [0.717, 1.165) is 87.1 Å². The van der Waals surface area contributed by atoms with E-state index in [1.54, 1.807) is 0 Å². The summed E-state index contributed by atoms with van der Waals surface area (Å²) in [5.41, 5.74) is 18.5. The van der Waals surface area contributed by atoms with Gasteiger partial charge in [0, 0.05) is 25.7 Å². The lowest BCUT2D eigenvalue weighted by atomic mass is 9.84. The summed E-state index contributed by atoms with van der Waals surface area (Å²) in [5.74, 6) is 1.50. The Kier molecular flexibility index (Phi) is 12.0. The molecule has 0 heterocycles. The maximum absolute atomic E-state index is 12.3. The summed E-state index contributed by atoms with van der Waals surface area (Å²) in [6, 6.07) is 60.1. The summed E-state index contributed by atoms with van der Waals surface area (Å²) < 4.78 is 6.67. The van der Waals surface area contributed by atoms with Gasteiger partial charge < -0.3 is 14.9 Å². The Balaban J connectivity index is 1.20. The Hall–Kier alpha value is -6.84. The van der Waals surface area contributed by atoms with Crippen molar-refractivity contribution in [3.05, 3.63) is 220 Å². The maximum Gasteiger partial charge on any atom is 0.126 e. The first kappa shape index (κ1) is 40.6. The molecular weight excluding hydrogens is 757 g/mol. The van der Waals surface area contributed by atoms with Crippen LogP contribution in [0.15, 0.2) is 170 Å². The highest BCUT2D eigenvalue weighted by Crippen LogP contribution is 2.40. The normalized spacial score (nSPS) is 12.2. The van der Waals surface area contributed by atoms with Gasteiger partial charge >= 0.3 is 0 Å². The van der Waals surface area contributed by atoms with Crippen LogP contribution in [0, 0.1) is 0 Å². The summed E-state index contributed by atoms with van der Waals surface area (Å²) in [6.07, 6.45) is 6.08. The summed E-state index contributed by atoms with van der Waals surface area (Å²) >= 11 is 0.